The average molecular weight is 286 g/mol. The monoisotopic (exact) mass is 285 g/mol. The molecular weight excluding hydrogens is 270 g/mol. The Kier molecular flexibility index (Phi) is 5.32. The Morgan fingerprint density at radius 2 is 2.06 bits per heavy atom. The van der Waals surface area contributed by atoms with Crippen LogP contribution in [-0.4, -0.2) is 29.7 Å². The summed E-state index contributed by atoms with van der Waals surface area (Å²) < 4.78 is 1.13. The van der Waals surface area contributed by atoms with E-state index in [-0.39, 0.29) is 0 Å². The van der Waals surface area contributed by atoms with Gasteiger partial charge in [-0.25, -0.2) is 4.79 Å². The van der Waals surface area contributed by atoms with Gasteiger partial charge in [-0.2, -0.15) is 0 Å². The second kappa shape index (κ2) is 6.53. The van der Waals surface area contributed by atoms with Crippen molar-refractivity contribution < 1.29 is 9.90 Å². The number of hydrogen-bond acceptors (Lipinski definition) is 1. The van der Waals surface area contributed by atoms with Gasteiger partial charge in [0.05, 0.1) is 0 Å². The van der Waals surface area contributed by atoms with E-state index < -0.39 is 6.09 Å². The number of benzene rings is 1. The lowest BCUT2D eigenvalue weighted by molar-refractivity contribution is 0.155. The van der Waals surface area contributed by atoms with Gasteiger partial charge in [0.1, 0.15) is 0 Å². The lowest BCUT2D eigenvalue weighted by Crippen LogP contribution is -2.25. The van der Waals surface area contributed by atoms with Crippen LogP contribution in [0, 0.1) is 0 Å². The molecule has 1 amide bonds. The quantitative estimate of drug-likeness (QED) is 0.843. The Balaban J connectivity index is 2.26. The maximum absolute atomic E-state index is 10.5. The molecule has 0 fully saturated rings. The summed E-state index contributed by atoms with van der Waals surface area (Å²) in [5.74, 6) is 0. The van der Waals surface area contributed by atoms with Crippen LogP contribution in [0.3, 0.4) is 0 Å². The van der Waals surface area contributed by atoms with Crippen molar-refractivity contribution >= 4 is 22.0 Å². The van der Waals surface area contributed by atoms with E-state index in [1.807, 2.05) is 18.2 Å². The third-order valence-corrected chi connectivity index (χ3v) is 3.25. The van der Waals surface area contributed by atoms with Gasteiger partial charge in [0.2, 0.25) is 0 Å². The highest BCUT2D eigenvalue weighted by molar-refractivity contribution is 9.10. The smallest absolute Gasteiger partial charge is 0.407 e. The summed E-state index contributed by atoms with van der Waals surface area (Å²) in [6.07, 6.45) is 2.01. The third kappa shape index (κ3) is 4.23. The normalized spacial score (nSPS) is 10.1. The topological polar surface area (TPSA) is 40.5 Å². The van der Waals surface area contributed by atoms with Gasteiger partial charge < -0.3 is 10.0 Å². The lowest BCUT2D eigenvalue weighted by Gasteiger charge is -2.12. The summed E-state index contributed by atoms with van der Waals surface area (Å²) in [5, 5.41) is 8.66. The van der Waals surface area contributed by atoms with E-state index in [2.05, 4.69) is 22.0 Å². The number of carboxylic acid groups (broad SMARTS) is 1. The number of unbranched alkanes of at least 4 members (excludes halogenated alkanes) is 1. The van der Waals surface area contributed by atoms with Crippen molar-refractivity contribution in [3.63, 3.8) is 0 Å². The number of hydrogen-bond donors (Lipinski definition) is 1. The summed E-state index contributed by atoms with van der Waals surface area (Å²) >= 11 is 3.50. The number of rotatable bonds is 5. The van der Waals surface area contributed by atoms with Gasteiger partial charge in [0, 0.05) is 18.1 Å². The fourth-order valence-corrected chi connectivity index (χ4v) is 1.94. The van der Waals surface area contributed by atoms with Crippen LogP contribution < -0.4 is 0 Å². The van der Waals surface area contributed by atoms with Crippen molar-refractivity contribution in [1.29, 1.82) is 0 Å². The average Bonchev–Trinajstić information content (AvgIpc) is 2.26. The van der Waals surface area contributed by atoms with Crippen LogP contribution in [-0.2, 0) is 6.42 Å². The summed E-state index contributed by atoms with van der Waals surface area (Å²) in [4.78, 5) is 11.9. The molecule has 0 saturated carbocycles. The molecule has 1 aromatic carbocycles. The maximum atomic E-state index is 10.5. The maximum Gasteiger partial charge on any atom is 0.407 e. The summed E-state index contributed by atoms with van der Waals surface area (Å²) in [6, 6.07) is 8.12. The minimum atomic E-state index is -0.860. The molecular formula is C12H16BrNO2. The molecule has 0 heterocycles. The Bertz CT molecular complexity index is 355. The van der Waals surface area contributed by atoms with E-state index in [1.165, 1.54) is 10.5 Å². The molecule has 0 aliphatic carbocycles. The van der Waals surface area contributed by atoms with Crippen LogP contribution in [0.2, 0.25) is 0 Å². The standard InChI is InChI=1S/C12H16BrNO2/c1-14(12(15)16)9-5-4-7-10-6-2-3-8-11(10)13/h2-3,6,8H,4-5,7,9H2,1H3,(H,15,16). The fourth-order valence-electron chi connectivity index (χ4n) is 1.46. The summed E-state index contributed by atoms with van der Waals surface area (Å²) in [7, 11) is 1.60. The molecule has 0 aromatic heterocycles. The largest absolute Gasteiger partial charge is 0.465 e. The molecule has 4 heteroatoms. The van der Waals surface area contributed by atoms with E-state index in [1.54, 1.807) is 7.05 Å². The van der Waals surface area contributed by atoms with Crippen molar-refractivity contribution in [2.24, 2.45) is 0 Å². The van der Waals surface area contributed by atoms with Crippen LogP contribution in [0.25, 0.3) is 0 Å². The van der Waals surface area contributed by atoms with Gasteiger partial charge in [-0.1, -0.05) is 34.1 Å². The van der Waals surface area contributed by atoms with E-state index in [0.717, 1.165) is 23.7 Å². The molecule has 88 valence electrons. The molecule has 0 spiro atoms. The van der Waals surface area contributed by atoms with Crippen molar-refractivity contribution in [3.8, 4) is 0 Å². The Morgan fingerprint density at radius 1 is 1.38 bits per heavy atom. The van der Waals surface area contributed by atoms with Crippen molar-refractivity contribution in [2.45, 2.75) is 19.3 Å². The molecule has 0 atom stereocenters. The highest BCUT2D eigenvalue weighted by Gasteiger charge is 2.04. The molecule has 1 N–H and O–H groups in total. The van der Waals surface area contributed by atoms with Crippen molar-refractivity contribution in [1.82, 2.24) is 4.90 Å². The first-order valence-electron chi connectivity index (χ1n) is 5.28. The molecule has 1 rings (SSSR count). The molecule has 0 aliphatic rings. The number of carbonyl (C=O) groups is 1. The second-order valence-electron chi connectivity index (χ2n) is 3.75. The van der Waals surface area contributed by atoms with E-state index in [4.69, 9.17) is 5.11 Å². The first-order valence-corrected chi connectivity index (χ1v) is 6.08. The number of halogens is 1. The highest BCUT2D eigenvalue weighted by atomic mass is 79.9. The molecule has 0 bridgehead atoms. The molecule has 0 saturated heterocycles. The first kappa shape index (κ1) is 13.0. The second-order valence-corrected chi connectivity index (χ2v) is 4.61. The Hall–Kier alpha value is -1.03. The molecule has 16 heavy (non-hydrogen) atoms. The van der Waals surface area contributed by atoms with E-state index in [0.29, 0.717) is 6.54 Å². The van der Waals surface area contributed by atoms with Crippen LogP contribution in [0.15, 0.2) is 28.7 Å². The molecule has 3 nitrogen and oxygen atoms in total. The van der Waals surface area contributed by atoms with Crippen LogP contribution in [0.1, 0.15) is 18.4 Å². The fraction of sp³-hybridized carbons (Fsp3) is 0.417. The third-order valence-electron chi connectivity index (χ3n) is 2.47. The van der Waals surface area contributed by atoms with Gasteiger partial charge >= 0.3 is 6.09 Å². The zero-order chi connectivity index (χ0) is 12.0. The number of amides is 1. The van der Waals surface area contributed by atoms with E-state index >= 15 is 0 Å². The summed E-state index contributed by atoms with van der Waals surface area (Å²) in [6.45, 7) is 0.597. The number of nitrogens with zero attached hydrogens (tertiary/aromatic N) is 1. The minimum Gasteiger partial charge on any atom is -0.465 e. The first-order chi connectivity index (χ1) is 7.61. The van der Waals surface area contributed by atoms with Crippen molar-refractivity contribution in [2.75, 3.05) is 13.6 Å². The number of aryl methyl sites for hydroxylation is 1. The molecule has 0 unspecified atom stereocenters. The SMILES string of the molecule is CN(CCCCc1ccccc1Br)C(=O)O. The predicted octanol–water partition coefficient (Wildman–Crippen LogP) is 3.38. The predicted molar refractivity (Wildman–Crippen MR) is 67.7 cm³/mol. The summed E-state index contributed by atoms with van der Waals surface area (Å²) in [5.41, 5.74) is 1.28. The van der Waals surface area contributed by atoms with Crippen LogP contribution in [0.5, 0.6) is 0 Å². The Morgan fingerprint density at radius 3 is 2.69 bits per heavy atom. The van der Waals surface area contributed by atoms with Crippen LogP contribution >= 0.6 is 15.9 Å². The minimum absolute atomic E-state index is 0.597. The van der Waals surface area contributed by atoms with Crippen LogP contribution in [0.4, 0.5) is 4.79 Å². The lowest BCUT2D eigenvalue weighted by atomic mass is 10.1. The van der Waals surface area contributed by atoms with Gasteiger partial charge in [-0.15, -0.1) is 0 Å². The zero-order valence-electron chi connectivity index (χ0n) is 9.32. The van der Waals surface area contributed by atoms with E-state index in [9.17, 15) is 4.79 Å². The van der Waals surface area contributed by atoms with Gasteiger partial charge in [-0.3, -0.25) is 0 Å². The molecule has 1 aromatic rings. The van der Waals surface area contributed by atoms with Gasteiger partial charge in [0.15, 0.2) is 0 Å². The van der Waals surface area contributed by atoms with Gasteiger partial charge in [0.25, 0.3) is 0 Å². The molecule has 0 radical (unpaired) electrons. The highest BCUT2D eigenvalue weighted by Crippen LogP contribution is 2.17. The van der Waals surface area contributed by atoms with Crippen molar-refractivity contribution in [3.05, 3.63) is 34.3 Å². The Labute approximate surface area is 104 Å². The molecule has 0 aliphatic heterocycles. The van der Waals surface area contributed by atoms with Gasteiger partial charge in [-0.05, 0) is 30.9 Å². The zero-order valence-corrected chi connectivity index (χ0v) is 10.9.